The van der Waals surface area contributed by atoms with Gasteiger partial charge >= 0.3 is 0 Å². The van der Waals surface area contributed by atoms with Crippen molar-refractivity contribution in [2.75, 3.05) is 0 Å². The number of aliphatic hydroxyl groups excluding tert-OH is 1. The van der Waals surface area contributed by atoms with Gasteiger partial charge in [-0.15, -0.1) is 0 Å². The third kappa shape index (κ3) is 5.50. The Morgan fingerprint density at radius 3 is 2.12 bits per heavy atom. The van der Waals surface area contributed by atoms with E-state index < -0.39 is 0 Å². The minimum Gasteiger partial charge on any atom is -0.513 e. The molecule has 0 heterocycles. The van der Waals surface area contributed by atoms with Crippen LogP contribution < -0.4 is 0 Å². The van der Waals surface area contributed by atoms with Crippen LogP contribution in [-0.2, 0) is 0 Å². The van der Waals surface area contributed by atoms with Crippen molar-refractivity contribution in [3.63, 3.8) is 0 Å². The molecule has 0 aliphatic heterocycles. The number of aliphatic hydroxyl groups is 1. The molecule has 2 heteroatoms. The first-order valence-electron chi connectivity index (χ1n) is 2.69. The molecule has 0 aliphatic rings. The second-order valence-electron chi connectivity index (χ2n) is 1.46. The first-order valence-corrected chi connectivity index (χ1v) is 2.69. The number of rotatable bonds is 2. The van der Waals surface area contributed by atoms with E-state index in [0.717, 1.165) is 12.8 Å². The molecule has 0 radical (unpaired) electrons. The Hall–Kier alpha value is -0.500. The van der Waals surface area contributed by atoms with Crippen LogP contribution in [0, 0.1) is 0 Å². The average molecular weight is 118 g/mol. The summed E-state index contributed by atoms with van der Waals surface area (Å²) in [4.78, 5) is 0. The molecule has 0 amide bonds. The number of hydrogen-bond donors (Lipinski definition) is 1. The lowest BCUT2D eigenvalue weighted by molar-refractivity contribution is 0.392. The predicted molar refractivity (Wildman–Crippen MR) is 34.9 cm³/mol. The van der Waals surface area contributed by atoms with Crippen molar-refractivity contribution in [1.82, 2.24) is 0 Å². The van der Waals surface area contributed by atoms with Gasteiger partial charge < -0.3 is 10.6 Å². The highest BCUT2D eigenvalue weighted by Gasteiger charge is 1.80. The Kier molecular flexibility index (Phi) is 8.51. The summed E-state index contributed by atoms with van der Waals surface area (Å²) in [6, 6.07) is 0. The summed E-state index contributed by atoms with van der Waals surface area (Å²) in [5.74, 6) is 0.502. The summed E-state index contributed by atoms with van der Waals surface area (Å²) in [6.07, 6.45) is 3.51. The maximum atomic E-state index is 8.72. The zero-order chi connectivity index (χ0) is 5.70. The average Bonchev–Trinajstić information content (AvgIpc) is 1.68. The Labute approximate surface area is 50.1 Å². The topological polar surface area (TPSA) is 51.7 Å². The highest BCUT2D eigenvalue weighted by atomic mass is 16.3. The SMILES string of the molecule is CCC=C(O)CC.O. The first-order chi connectivity index (χ1) is 3.31. The van der Waals surface area contributed by atoms with E-state index in [0.29, 0.717) is 5.76 Å². The highest BCUT2D eigenvalue weighted by molar-refractivity contribution is 4.87. The van der Waals surface area contributed by atoms with Gasteiger partial charge in [0.1, 0.15) is 0 Å². The van der Waals surface area contributed by atoms with Crippen LogP contribution in [0.2, 0.25) is 0 Å². The van der Waals surface area contributed by atoms with Crippen molar-refractivity contribution in [3.8, 4) is 0 Å². The van der Waals surface area contributed by atoms with E-state index in [1.807, 2.05) is 19.9 Å². The molecule has 3 N–H and O–H groups in total. The Morgan fingerprint density at radius 1 is 1.50 bits per heavy atom. The summed E-state index contributed by atoms with van der Waals surface area (Å²) in [7, 11) is 0. The van der Waals surface area contributed by atoms with Crippen molar-refractivity contribution < 1.29 is 10.6 Å². The number of hydrogen-bond acceptors (Lipinski definition) is 1. The Morgan fingerprint density at radius 2 is 2.00 bits per heavy atom. The molecule has 0 unspecified atom stereocenters. The predicted octanol–water partition coefficient (Wildman–Crippen LogP) is 1.42. The van der Waals surface area contributed by atoms with Crippen LogP contribution in [0.5, 0.6) is 0 Å². The smallest absolute Gasteiger partial charge is 0.0880 e. The third-order valence-corrected chi connectivity index (χ3v) is 0.802. The summed E-state index contributed by atoms with van der Waals surface area (Å²) >= 11 is 0. The second-order valence-corrected chi connectivity index (χ2v) is 1.46. The van der Waals surface area contributed by atoms with Crippen molar-refractivity contribution in [1.29, 1.82) is 0 Å². The molecule has 2 nitrogen and oxygen atoms in total. The molecule has 0 spiro atoms. The molecule has 0 aromatic rings. The van der Waals surface area contributed by atoms with E-state index in [-0.39, 0.29) is 5.48 Å². The Bertz CT molecular complexity index is 66.9. The van der Waals surface area contributed by atoms with Gasteiger partial charge in [0.15, 0.2) is 0 Å². The molecule has 0 aromatic carbocycles. The lowest BCUT2D eigenvalue weighted by atomic mass is 10.3. The van der Waals surface area contributed by atoms with Crippen molar-refractivity contribution in [3.05, 3.63) is 11.8 Å². The minimum atomic E-state index is 0. The van der Waals surface area contributed by atoms with Crippen molar-refractivity contribution >= 4 is 0 Å². The fourth-order valence-electron chi connectivity index (χ4n) is 0.380. The summed E-state index contributed by atoms with van der Waals surface area (Å²) in [5, 5.41) is 8.72. The molecule has 0 rings (SSSR count). The lowest BCUT2D eigenvalue weighted by Gasteiger charge is -1.87. The molecule has 50 valence electrons. The maximum absolute atomic E-state index is 8.72. The molecule has 0 saturated carbocycles. The zero-order valence-electron chi connectivity index (χ0n) is 5.44. The molecular weight excluding hydrogens is 104 g/mol. The molecule has 0 fully saturated rings. The van der Waals surface area contributed by atoms with E-state index >= 15 is 0 Å². The molecule has 0 bridgehead atoms. The summed E-state index contributed by atoms with van der Waals surface area (Å²) in [6.45, 7) is 3.94. The summed E-state index contributed by atoms with van der Waals surface area (Å²) in [5.41, 5.74) is 0. The standard InChI is InChI=1S/C6H12O.H2O/c1-3-5-6(7)4-2;/h5,7H,3-4H2,1-2H3;1H2. The minimum absolute atomic E-state index is 0. The van der Waals surface area contributed by atoms with Crippen LogP contribution in [0.4, 0.5) is 0 Å². The fraction of sp³-hybridized carbons (Fsp3) is 0.667. The van der Waals surface area contributed by atoms with E-state index in [1.54, 1.807) is 0 Å². The van der Waals surface area contributed by atoms with Crippen LogP contribution in [0.15, 0.2) is 11.8 Å². The molecular formula is C6H14O2. The molecule has 0 aromatic heterocycles. The monoisotopic (exact) mass is 118 g/mol. The van der Waals surface area contributed by atoms with E-state index in [9.17, 15) is 0 Å². The van der Waals surface area contributed by atoms with Crippen molar-refractivity contribution in [2.45, 2.75) is 26.7 Å². The molecule has 0 aliphatic carbocycles. The maximum Gasteiger partial charge on any atom is 0.0880 e. The quantitative estimate of drug-likeness (QED) is 0.548. The van der Waals surface area contributed by atoms with Gasteiger partial charge in [-0.3, -0.25) is 0 Å². The van der Waals surface area contributed by atoms with Crippen LogP contribution in [0.1, 0.15) is 26.7 Å². The van der Waals surface area contributed by atoms with Gasteiger partial charge in [0, 0.05) is 6.42 Å². The highest BCUT2D eigenvalue weighted by Crippen LogP contribution is 1.94. The van der Waals surface area contributed by atoms with Gasteiger partial charge in [0.05, 0.1) is 5.76 Å². The molecule has 8 heavy (non-hydrogen) atoms. The second kappa shape index (κ2) is 6.50. The van der Waals surface area contributed by atoms with Crippen LogP contribution in [-0.4, -0.2) is 10.6 Å². The largest absolute Gasteiger partial charge is 0.513 e. The number of allylic oxidation sites excluding steroid dienone is 2. The molecule has 0 saturated heterocycles. The fourth-order valence-corrected chi connectivity index (χ4v) is 0.380. The third-order valence-electron chi connectivity index (χ3n) is 0.802. The van der Waals surface area contributed by atoms with Gasteiger partial charge in [0.25, 0.3) is 0 Å². The van der Waals surface area contributed by atoms with E-state index in [4.69, 9.17) is 5.11 Å². The first kappa shape index (κ1) is 10.5. The van der Waals surface area contributed by atoms with Gasteiger partial charge in [-0.05, 0) is 12.5 Å². The molecule has 0 atom stereocenters. The van der Waals surface area contributed by atoms with Gasteiger partial charge in [-0.25, -0.2) is 0 Å². The lowest BCUT2D eigenvalue weighted by Crippen LogP contribution is -1.73. The van der Waals surface area contributed by atoms with Crippen molar-refractivity contribution in [2.24, 2.45) is 0 Å². The van der Waals surface area contributed by atoms with Crippen LogP contribution in [0.3, 0.4) is 0 Å². The summed E-state index contributed by atoms with van der Waals surface area (Å²) < 4.78 is 0. The van der Waals surface area contributed by atoms with E-state index in [2.05, 4.69) is 0 Å². The van der Waals surface area contributed by atoms with Gasteiger partial charge in [-0.1, -0.05) is 13.8 Å². The van der Waals surface area contributed by atoms with Gasteiger partial charge in [0.2, 0.25) is 0 Å². The normalized spacial score (nSPS) is 10.5. The van der Waals surface area contributed by atoms with Crippen LogP contribution in [0.25, 0.3) is 0 Å². The zero-order valence-corrected chi connectivity index (χ0v) is 5.44. The van der Waals surface area contributed by atoms with Crippen LogP contribution >= 0.6 is 0 Å². The van der Waals surface area contributed by atoms with Gasteiger partial charge in [-0.2, -0.15) is 0 Å². The Balaban J connectivity index is 0. The van der Waals surface area contributed by atoms with E-state index in [1.165, 1.54) is 0 Å².